The van der Waals surface area contributed by atoms with Gasteiger partial charge in [-0.3, -0.25) is 0 Å². The van der Waals surface area contributed by atoms with Gasteiger partial charge in [-0.15, -0.1) is 0 Å². The summed E-state index contributed by atoms with van der Waals surface area (Å²) in [4.78, 5) is 11.1. The molecule has 20 heavy (non-hydrogen) atoms. The first-order valence-electron chi connectivity index (χ1n) is 6.54. The number of hydrogen-bond acceptors (Lipinski definition) is 3. The summed E-state index contributed by atoms with van der Waals surface area (Å²) in [6, 6.07) is 7.37. The molecule has 0 aliphatic rings. The molecule has 1 heterocycles. The monoisotopic (exact) mass is 274 g/mol. The SMILES string of the molecule is CCCc1cc(C(=O)O)nn1-c1cc(C)ccc1OC. The molecule has 0 amide bonds. The van der Waals surface area contributed by atoms with Gasteiger partial charge in [-0.2, -0.15) is 5.10 Å². The second-order valence-corrected chi connectivity index (χ2v) is 4.66. The quantitative estimate of drug-likeness (QED) is 0.910. The zero-order valence-corrected chi connectivity index (χ0v) is 11.9. The Morgan fingerprint density at radius 1 is 1.40 bits per heavy atom. The summed E-state index contributed by atoms with van der Waals surface area (Å²) in [5.74, 6) is -0.347. The van der Waals surface area contributed by atoms with Gasteiger partial charge in [0.1, 0.15) is 11.4 Å². The molecule has 2 rings (SSSR count). The minimum Gasteiger partial charge on any atom is -0.494 e. The van der Waals surface area contributed by atoms with E-state index < -0.39 is 5.97 Å². The van der Waals surface area contributed by atoms with Gasteiger partial charge >= 0.3 is 5.97 Å². The van der Waals surface area contributed by atoms with Crippen molar-refractivity contribution >= 4 is 5.97 Å². The van der Waals surface area contributed by atoms with E-state index in [2.05, 4.69) is 5.10 Å². The van der Waals surface area contributed by atoms with Crippen LogP contribution in [0.3, 0.4) is 0 Å². The molecule has 0 bridgehead atoms. The summed E-state index contributed by atoms with van der Waals surface area (Å²) in [5.41, 5.74) is 2.75. The number of aryl methyl sites for hydroxylation is 2. The number of carbonyl (C=O) groups is 1. The summed E-state index contributed by atoms with van der Waals surface area (Å²) < 4.78 is 7.01. The minimum absolute atomic E-state index is 0.0528. The number of carboxylic acids is 1. The van der Waals surface area contributed by atoms with E-state index in [9.17, 15) is 4.79 Å². The molecule has 1 aromatic carbocycles. The van der Waals surface area contributed by atoms with Crippen LogP contribution in [0.2, 0.25) is 0 Å². The lowest BCUT2D eigenvalue weighted by Gasteiger charge is -2.12. The van der Waals surface area contributed by atoms with Crippen molar-refractivity contribution in [3.8, 4) is 11.4 Å². The van der Waals surface area contributed by atoms with Crippen molar-refractivity contribution in [2.75, 3.05) is 7.11 Å². The van der Waals surface area contributed by atoms with Gasteiger partial charge in [0.15, 0.2) is 5.69 Å². The first-order valence-corrected chi connectivity index (χ1v) is 6.54. The topological polar surface area (TPSA) is 64.3 Å². The number of carboxylic acid groups (broad SMARTS) is 1. The third-order valence-corrected chi connectivity index (χ3v) is 3.07. The fraction of sp³-hybridized carbons (Fsp3) is 0.333. The van der Waals surface area contributed by atoms with Gasteiger partial charge in [0.25, 0.3) is 0 Å². The fourth-order valence-electron chi connectivity index (χ4n) is 2.13. The molecule has 0 unspecified atom stereocenters. The van der Waals surface area contributed by atoms with Crippen molar-refractivity contribution in [3.63, 3.8) is 0 Å². The van der Waals surface area contributed by atoms with Crippen molar-refractivity contribution in [1.82, 2.24) is 9.78 Å². The van der Waals surface area contributed by atoms with Crippen molar-refractivity contribution in [2.45, 2.75) is 26.7 Å². The van der Waals surface area contributed by atoms with Gasteiger partial charge in [-0.05, 0) is 37.1 Å². The molecule has 1 N–H and O–H groups in total. The number of benzene rings is 1. The second-order valence-electron chi connectivity index (χ2n) is 4.66. The molecule has 1 aromatic heterocycles. The van der Waals surface area contributed by atoms with Crippen LogP contribution in [0.4, 0.5) is 0 Å². The van der Waals surface area contributed by atoms with Crippen LogP contribution in [0.5, 0.6) is 5.75 Å². The third-order valence-electron chi connectivity index (χ3n) is 3.07. The molecule has 0 aliphatic heterocycles. The summed E-state index contributed by atoms with van der Waals surface area (Å²) in [5, 5.41) is 13.3. The number of nitrogens with zero attached hydrogens (tertiary/aromatic N) is 2. The molecule has 5 nitrogen and oxygen atoms in total. The van der Waals surface area contributed by atoms with E-state index in [1.807, 2.05) is 32.0 Å². The molecule has 0 atom stereocenters. The van der Waals surface area contributed by atoms with Crippen LogP contribution in [-0.4, -0.2) is 28.0 Å². The van der Waals surface area contributed by atoms with E-state index in [4.69, 9.17) is 9.84 Å². The van der Waals surface area contributed by atoms with Gasteiger partial charge < -0.3 is 9.84 Å². The highest BCUT2D eigenvalue weighted by atomic mass is 16.5. The largest absolute Gasteiger partial charge is 0.494 e. The lowest BCUT2D eigenvalue weighted by atomic mass is 10.2. The Kier molecular flexibility index (Phi) is 4.08. The van der Waals surface area contributed by atoms with Gasteiger partial charge in [0.05, 0.1) is 7.11 Å². The van der Waals surface area contributed by atoms with Crippen LogP contribution >= 0.6 is 0 Å². The Morgan fingerprint density at radius 3 is 2.75 bits per heavy atom. The van der Waals surface area contributed by atoms with Gasteiger partial charge in [0, 0.05) is 5.69 Å². The van der Waals surface area contributed by atoms with Crippen molar-refractivity contribution in [3.05, 3.63) is 41.2 Å². The number of hydrogen-bond donors (Lipinski definition) is 1. The molecule has 0 spiro atoms. The van der Waals surface area contributed by atoms with E-state index >= 15 is 0 Å². The zero-order valence-electron chi connectivity index (χ0n) is 11.9. The van der Waals surface area contributed by atoms with Gasteiger partial charge in [0.2, 0.25) is 0 Å². The number of ether oxygens (including phenoxy) is 1. The number of aromatic nitrogens is 2. The first-order chi connectivity index (χ1) is 9.56. The first kappa shape index (κ1) is 14.1. The predicted octanol–water partition coefficient (Wildman–Crippen LogP) is 2.84. The normalized spacial score (nSPS) is 10.6. The maximum absolute atomic E-state index is 11.1. The maximum atomic E-state index is 11.1. The van der Waals surface area contributed by atoms with Crippen molar-refractivity contribution in [1.29, 1.82) is 0 Å². The van der Waals surface area contributed by atoms with E-state index in [0.29, 0.717) is 5.75 Å². The third kappa shape index (κ3) is 2.66. The summed E-state index contributed by atoms with van der Waals surface area (Å²) >= 11 is 0. The fourth-order valence-corrected chi connectivity index (χ4v) is 2.13. The molecule has 0 fully saturated rings. The van der Waals surface area contributed by atoms with Gasteiger partial charge in [-0.25, -0.2) is 9.48 Å². The standard InChI is InChI=1S/C15H18N2O3/c1-4-5-11-9-12(15(18)19)16-17(11)13-8-10(2)6-7-14(13)20-3/h6-9H,4-5H2,1-3H3,(H,18,19). The molecular weight excluding hydrogens is 256 g/mol. The average Bonchev–Trinajstić information content (AvgIpc) is 2.83. The lowest BCUT2D eigenvalue weighted by Crippen LogP contribution is -2.06. The highest BCUT2D eigenvalue weighted by molar-refractivity contribution is 5.85. The number of methoxy groups -OCH3 is 1. The smallest absolute Gasteiger partial charge is 0.356 e. The van der Waals surface area contributed by atoms with Crippen LogP contribution in [0, 0.1) is 6.92 Å². The Balaban J connectivity index is 2.61. The summed E-state index contributed by atoms with van der Waals surface area (Å²) in [7, 11) is 1.59. The van der Waals surface area contributed by atoms with Crippen LogP contribution in [0.25, 0.3) is 5.69 Å². The van der Waals surface area contributed by atoms with Crippen LogP contribution in [0.1, 0.15) is 35.1 Å². The molecule has 106 valence electrons. The number of aromatic carboxylic acids is 1. The lowest BCUT2D eigenvalue weighted by molar-refractivity contribution is 0.0690. The predicted molar refractivity (Wildman–Crippen MR) is 75.8 cm³/mol. The van der Waals surface area contributed by atoms with Crippen LogP contribution in [-0.2, 0) is 6.42 Å². The maximum Gasteiger partial charge on any atom is 0.356 e. The number of rotatable bonds is 5. The zero-order chi connectivity index (χ0) is 14.7. The van der Waals surface area contributed by atoms with E-state index in [1.54, 1.807) is 17.9 Å². The van der Waals surface area contributed by atoms with Crippen LogP contribution < -0.4 is 4.74 Å². The van der Waals surface area contributed by atoms with E-state index in [1.165, 1.54) is 0 Å². The van der Waals surface area contributed by atoms with Gasteiger partial charge in [-0.1, -0.05) is 19.4 Å². The molecule has 5 heteroatoms. The molecule has 2 aromatic rings. The van der Waals surface area contributed by atoms with Crippen LogP contribution in [0.15, 0.2) is 24.3 Å². The highest BCUT2D eigenvalue weighted by Gasteiger charge is 2.16. The Hall–Kier alpha value is -2.30. The molecular formula is C15H18N2O3. The summed E-state index contributed by atoms with van der Waals surface area (Å²) in [6.07, 6.45) is 1.68. The van der Waals surface area contributed by atoms with Crippen molar-refractivity contribution < 1.29 is 14.6 Å². The van der Waals surface area contributed by atoms with E-state index in [0.717, 1.165) is 29.8 Å². The second kappa shape index (κ2) is 5.77. The molecule has 0 aliphatic carbocycles. The molecule has 0 radical (unpaired) electrons. The van der Waals surface area contributed by atoms with E-state index in [-0.39, 0.29) is 5.69 Å². The Morgan fingerprint density at radius 2 is 2.15 bits per heavy atom. The molecule has 0 saturated heterocycles. The minimum atomic E-state index is -1.02. The average molecular weight is 274 g/mol. The highest BCUT2D eigenvalue weighted by Crippen LogP contribution is 2.25. The van der Waals surface area contributed by atoms with Crippen molar-refractivity contribution in [2.24, 2.45) is 0 Å². The summed E-state index contributed by atoms with van der Waals surface area (Å²) in [6.45, 7) is 4.02. The molecule has 0 saturated carbocycles. The Bertz CT molecular complexity index is 632. The Labute approximate surface area is 117 Å².